The standard InChI is InChI=1S/C13H23NO3S/c1-3-5-6-8-11(15)14-10(13(16)17)9-18-12(14)7-4-2/h10,12H,3-9H2,1-2H3,(H,16,17). The van der Waals surface area contributed by atoms with Crippen LogP contribution in [0.25, 0.3) is 0 Å². The topological polar surface area (TPSA) is 57.6 Å². The Balaban J connectivity index is 2.63. The number of hydrogen-bond acceptors (Lipinski definition) is 3. The minimum absolute atomic E-state index is 0.0132. The molecule has 0 saturated carbocycles. The highest BCUT2D eigenvalue weighted by molar-refractivity contribution is 8.00. The number of carboxylic acid groups (broad SMARTS) is 1. The van der Waals surface area contributed by atoms with Crippen LogP contribution in [-0.4, -0.2) is 39.1 Å². The van der Waals surface area contributed by atoms with E-state index in [-0.39, 0.29) is 11.3 Å². The van der Waals surface area contributed by atoms with Crippen molar-refractivity contribution in [3.63, 3.8) is 0 Å². The van der Waals surface area contributed by atoms with Crippen LogP contribution in [0.4, 0.5) is 0 Å². The van der Waals surface area contributed by atoms with Crippen LogP contribution in [-0.2, 0) is 9.59 Å². The fraction of sp³-hybridized carbons (Fsp3) is 0.846. The zero-order valence-corrected chi connectivity index (χ0v) is 12.0. The molecule has 0 bridgehead atoms. The highest BCUT2D eigenvalue weighted by atomic mass is 32.2. The lowest BCUT2D eigenvalue weighted by Crippen LogP contribution is -2.45. The van der Waals surface area contributed by atoms with Gasteiger partial charge in [-0.25, -0.2) is 4.79 Å². The number of rotatable bonds is 7. The maximum Gasteiger partial charge on any atom is 0.327 e. The second kappa shape index (κ2) is 7.67. The number of aliphatic carboxylic acids is 1. The normalized spacial score (nSPS) is 23.3. The van der Waals surface area contributed by atoms with Crippen LogP contribution in [0.15, 0.2) is 0 Å². The molecule has 0 aromatic heterocycles. The Morgan fingerprint density at radius 1 is 1.28 bits per heavy atom. The minimum atomic E-state index is -0.870. The predicted octanol–water partition coefficient (Wildman–Crippen LogP) is 2.72. The van der Waals surface area contributed by atoms with Crippen molar-refractivity contribution in [2.45, 2.75) is 63.8 Å². The molecule has 1 aliphatic heterocycles. The molecular formula is C13H23NO3S. The lowest BCUT2D eigenvalue weighted by Gasteiger charge is -2.27. The van der Waals surface area contributed by atoms with E-state index in [9.17, 15) is 14.7 Å². The Bertz CT molecular complexity index is 296. The summed E-state index contributed by atoms with van der Waals surface area (Å²) in [5.41, 5.74) is 0. The van der Waals surface area contributed by atoms with Gasteiger partial charge in [-0.15, -0.1) is 11.8 Å². The molecule has 4 nitrogen and oxygen atoms in total. The Kier molecular flexibility index (Phi) is 6.54. The zero-order valence-electron chi connectivity index (χ0n) is 11.2. The average molecular weight is 273 g/mol. The summed E-state index contributed by atoms with van der Waals surface area (Å²) in [6.45, 7) is 4.16. The molecule has 104 valence electrons. The molecule has 2 atom stereocenters. The van der Waals surface area contributed by atoms with Gasteiger partial charge in [0.1, 0.15) is 6.04 Å². The third kappa shape index (κ3) is 3.90. The minimum Gasteiger partial charge on any atom is -0.480 e. The number of carbonyl (C=O) groups is 2. The van der Waals surface area contributed by atoms with E-state index in [0.717, 1.165) is 32.1 Å². The molecule has 2 unspecified atom stereocenters. The quantitative estimate of drug-likeness (QED) is 0.725. The van der Waals surface area contributed by atoms with Gasteiger partial charge in [0, 0.05) is 12.2 Å². The van der Waals surface area contributed by atoms with Crippen LogP contribution in [0, 0.1) is 0 Å². The Labute approximate surface area is 113 Å². The SMILES string of the molecule is CCCCCC(=O)N1C(CCC)SCC1C(=O)O. The van der Waals surface area contributed by atoms with Gasteiger partial charge in [0.25, 0.3) is 0 Å². The monoisotopic (exact) mass is 273 g/mol. The number of amides is 1. The average Bonchev–Trinajstić information content (AvgIpc) is 2.73. The predicted molar refractivity (Wildman–Crippen MR) is 73.6 cm³/mol. The lowest BCUT2D eigenvalue weighted by molar-refractivity contribution is -0.149. The first-order valence-corrected chi connectivity index (χ1v) is 7.82. The summed E-state index contributed by atoms with van der Waals surface area (Å²) in [7, 11) is 0. The molecule has 1 amide bonds. The number of hydrogen-bond donors (Lipinski definition) is 1. The van der Waals surface area contributed by atoms with Crippen LogP contribution >= 0.6 is 11.8 Å². The summed E-state index contributed by atoms with van der Waals surface area (Å²) in [5, 5.41) is 9.24. The van der Waals surface area contributed by atoms with Crippen molar-refractivity contribution in [2.24, 2.45) is 0 Å². The van der Waals surface area contributed by atoms with E-state index in [4.69, 9.17) is 0 Å². The van der Waals surface area contributed by atoms with Crippen LogP contribution < -0.4 is 0 Å². The van der Waals surface area contributed by atoms with Crippen LogP contribution in [0.1, 0.15) is 52.4 Å². The molecule has 1 saturated heterocycles. The van der Waals surface area contributed by atoms with Gasteiger partial charge in [-0.2, -0.15) is 0 Å². The maximum atomic E-state index is 12.2. The molecule has 1 aliphatic rings. The molecule has 0 spiro atoms. The summed E-state index contributed by atoms with van der Waals surface area (Å²) < 4.78 is 0. The van der Waals surface area contributed by atoms with E-state index >= 15 is 0 Å². The van der Waals surface area contributed by atoms with E-state index in [1.165, 1.54) is 0 Å². The highest BCUT2D eigenvalue weighted by Gasteiger charge is 2.40. The first-order chi connectivity index (χ1) is 8.61. The summed E-state index contributed by atoms with van der Waals surface area (Å²) in [6, 6.07) is -0.624. The van der Waals surface area contributed by atoms with Crippen molar-refractivity contribution in [2.75, 3.05) is 5.75 Å². The number of thioether (sulfide) groups is 1. The second-order valence-electron chi connectivity index (χ2n) is 4.69. The van der Waals surface area contributed by atoms with Gasteiger partial charge in [-0.05, 0) is 12.8 Å². The van der Waals surface area contributed by atoms with E-state index in [0.29, 0.717) is 12.2 Å². The molecule has 1 heterocycles. The molecule has 0 aromatic rings. The van der Waals surface area contributed by atoms with Crippen molar-refractivity contribution in [3.05, 3.63) is 0 Å². The third-order valence-corrected chi connectivity index (χ3v) is 4.55. The molecule has 0 aliphatic carbocycles. The van der Waals surface area contributed by atoms with Gasteiger partial charge in [-0.1, -0.05) is 33.1 Å². The molecule has 1 N–H and O–H groups in total. The first kappa shape index (κ1) is 15.3. The summed E-state index contributed by atoms with van der Waals surface area (Å²) in [4.78, 5) is 25.0. The molecule has 1 rings (SSSR count). The lowest BCUT2D eigenvalue weighted by atomic mass is 10.1. The fourth-order valence-electron chi connectivity index (χ4n) is 2.21. The number of carboxylic acids is 1. The van der Waals surface area contributed by atoms with Gasteiger partial charge < -0.3 is 10.0 Å². The van der Waals surface area contributed by atoms with Crippen LogP contribution in [0.3, 0.4) is 0 Å². The molecule has 18 heavy (non-hydrogen) atoms. The number of nitrogens with zero attached hydrogens (tertiary/aromatic N) is 1. The molecule has 5 heteroatoms. The number of carbonyl (C=O) groups excluding carboxylic acids is 1. The maximum absolute atomic E-state index is 12.2. The van der Waals surface area contributed by atoms with Gasteiger partial charge in [0.05, 0.1) is 5.37 Å². The number of unbranched alkanes of at least 4 members (excludes halogenated alkanes) is 2. The largest absolute Gasteiger partial charge is 0.480 e. The fourth-order valence-corrected chi connectivity index (χ4v) is 3.75. The smallest absolute Gasteiger partial charge is 0.327 e. The van der Waals surface area contributed by atoms with Crippen molar-refractivity contribution in [3.8, 4) is 0 Å². The van der Waals surface area contributed by atoms with E-state index in [1.54, 1.807) is 16.7 Å². The van der Waals surface area contributed by atoms with E-state index in [2.05, 4.69) is 13.8 Å². The van der Waals surface area contributed by atoms with Crippen molar-refractivity contribution >= 4 is 23.6 Å². The van der Waals surface area contributed by atoms with Crippen LogP contribution in [0.2, 0.25) is 0 Å². The van der Waals surface area contributed by atoms with Gasteiger partial charge >= 0.3 is 5.97 Å². The zero-order chi connectivity index (χ0) is 13.5. The molecule has 0 radical (unpaired) electrons. The first-order valence-electron chi connectivity index (χ1n) is 6.77. The highest BCUT2D eigenvalue weighted by Crippen LogP contribution is 2.33. The van der Waals surface area contributed by atoms with Crippen molar-refractivity contribution in [1.29, 1.82) is 0 Å². The summed E-state index contributed by atoms with van der Waals surface area (Å²) in [6.07, 6.45) is 5.31. The van der Waals surface area contributed by atoms with Gasteiger partial charge in [0.2, 0.25) is 5.91 Å². The Morgan fingerprint density at radius 3 is 2.56 bits per heavy atom. The van der Waals surface area contributed by atoms with E-state index in [1.807, 2.05) is 0 Å². The summed E-state index contributed by atoms with van der Waals surface area (Å²) >= 11 is 1.60. The Morgan fingerprint density at radius 2 is 2.00 bits per heavy atom. The Hall–Kier alpha value is -0.710. The van der Waals surface area contributed by atoms with Crippen molar-refractivity contribution < 1.29 is 14.7 Å². The third-order valence-electron chi connectivity index (χ3n) is 3.20. The molecule has 0 aromatic carbocycles. The second-order valence-corrected chi connectivity index (χ2v) is 5.90. The summed E-state index contributed by atoms with van der Waals surface area (Å²) in [5.74, 6) is -0.330. The molecule has 1 fully saturated rings. The van der Waals surface area contributed by atoms with Crippen molar-refractivity contribution in [1.82, 2.24) is 4.90 Å². The van der Waals surface area contributed by atoms with E-state index < -0.39 is 12.0 Å². The van der Waals surface area contributed by atoms with Gasteiger partial charge in [0.15, 0.2) is 0 Å². The molecular weight excluding hydrogens is 250 g/mol. The van der Waals surface area contributed by atoms with Crippen LogP contribution in [0.5, 0.6) is 0 Å². The van der Waals surface area contributed by atoms with Gasteiger partial charge in [-0.3, -0.25) is 4.79 Å².